The van der Waals surface area contributed by atoms with Gasteiger partial charge in [-0.15, -0.1) is 0 Å². The quantitative estimate of drug-likeness (QED) is 0.629. The number of hydrogen-bond acceptors (Lipinski definition) is 4. The van der Waals surface area contributed by atoms with Gasteiger partial charge in [-0.25, -0.2) is 0 Å². The maximum Gasteiger partial charge on any atom is 0.197 e. The molecule has 4 heteroatoms. The van der Waals surface area contributed by atoms with E-state index < -0.39 is 0 Å². The van der Waals surface area contributed by atoms with E-state index in [1.54, 1.807) is 72.8 Å². The lowest BCUT2D eigenvalue weighted by Gasteiger charge is -2.12. The van der Waals surface area contributed by atoms with Crippen molar-refractivity contribution in [2.45, 2.75) is 0 Å². The summed E-state index contributed by atoms with van der Waals surface area (Å²) in [5, 5.41) is 0. The van der Waals surface area contributed by atoms with Gasteiger partial charge in [-0.05, 0) is 24.3 Å². The minimum atomic E-state index is -0.263. The Bertz CT molecular complexity index is 881. The standard InChI is InChI=1S/C22H18O4/c1-25-19-13-7-5-11-17(19)21(23)15-9-3-4-10-16(15)22(24)18-12-6-8-14-20(18)26-2/h3-14H,1-2H3. The second kappa shape index (κ2) is 7.66. The Kier molecular flexibility index (Phi) is 5.13. The van der Waals surface area contributed by atoms with Gasteiger partial charge in [0.2, 0.25) is 0 Å². The lowest BCUT2D eigenvalue weighted by Crippen LogP contribution is -2.12. The van der Waals surface area contributed by atoms with Crippen LogP contribution in [0.4, 0.5) is 0 Å². The van der Waals surface area contributed by atoms with Gasteiger partial charge in [0.25, 0.3) is 0 Å². The third-order valence-electron chi connectivity index (χ3n) is 4.12. The minimum absolute atomic E-state index is 0.263. The molecule has 0 saturated heterocycles. The SMILES string of the molecule is COc1ccccc1C(=O)c1ccccc1C(=O)c1ccccc1OC. The number of para-hydroxylation sites is 2. The fourth-order valence-electron chi connectivity index (χ4n) is 2.83. The van der Waals surface area contributed by atoms with Crippen molar-refractivity contribution in [3.8, 4) is 11.5 Å². The molecule has 0 aliphatic carbocycles. The monoisotopic (exact) mass is 346 g/mol. The van der Waals surface area contributed by atoms with Gasteiger partial charge in [0.05, 0.1) is 25.3 Å². The molecule has 0 aromatic heterocycles. The highest BCUT2D eigenvalue weighted by Gasteiger charge is 2.22. The van der Waals surface area contributed by atoms with Crippen LogP contribution in [0.1, 0.15) is 31.8 Å². The van der Waals surface area contributed by atoms with Gasteiger partial charge in [0.1, 0.15) is 11.5 Å². The number of ether oxygens (including phenoxy) is 2. The Morgan fingerprint density at radius 2 is 0.846 bits per heavy atom. The molecule has 0 aliphatic heterocycles. The van der Waals surface area contributed by atoms with E-state index in [2.05, 4.69) is 0 Å². The largest absolute Gasteiger partial charge is 0.496 e. The van der Waals surface area contributed by atoms with Gasteiger partial charge >= 0.3 is 0 Å². The number of methoxy groups -OCH3 is 2. The van der Waals surface area contributed by atoms with Crippen LogP contribution in [0.2, 0.25) is 0 Å². The predicted octanol–water partition coefficient (Wildman–Crippen LogP) is 4.17. The second-order valence-corrected chi connectivity index (χ2v) is 5.60. The van der Waals surface area contributed by atoms with Gasteiger partial charge in [0.15, 0.2) is 11.6 Å². The molecular formula is C22H18O4. The summed E-state index contributed by atoms with van der Waals surface area (Å²) in [5.41, 5.74) is 1.48. The summed E-state index contributed by atoms with van der Waals surface area (Å²) < 4.78 is 10.6. The highest BCUT2D eigenvalue weighted by Crippen LogP contribution is 2.26. The van der Waals surface area contributed by atoms with Crippen molar-refractivity contribution in [1.29, 1.82) is 0 Å². The summed E-state index contributed by atoms with van der Waals surface area (Å²) >= 11 is 0. The van der Waals surface area contributed by atoms with Gasteiger partial charge in [0, 0.05) is 11.1 Å². The fraction of sp³-hybridized carbons (Fsp3) is 0.0909. The van der Waals surface area contributed by atoms with Crippen LogP contribution in [-0.2, 0) is 0 Å². The molecule has 0 N–H and O–H groups in total. The Balaban J connectivity index is 2.09. The number of carbonyl (C=O) groups excluding carboxylic acids is 2. The molecule has 0 heterocycles. The number of carbonyl (C=O) groups is 2. The topological polar surface area (TPSA) is 52.6 Å². The van der Waals surface area contributed by atoms with Crippen molar-refractivity contribution in [1.82, 2.24) is 0 Å². The molecule has 3 aromatic carbocycles. The van der Waals surface area contributed by atoms with Crippen molar-refractivity contribution in [2.24, 2.45) is 0 Å². The van der Waals surface area contributed by atoms with E-state index in [9.17, 15) is 9.59 Å². The van der Waals surface area contributed by atoms with E-state index in [1.165, 1.54) is 14.2 Å². The van der Waals surface area contributed by atoms with Gasteiger partial charge in [-0.3, -0.25) is 9.59 Å². The molecule has 4 nitrogen and oxygen atoms in total. The number of rotatable bonds is 6. The lowest BCUT2D eigenvalue weighted by molar-refractivity contribution is 0.1000. The zero-order valence-electron chi connectivity index (χ0n) is 14.6. The van der Waals surface area contributed by atoms with E-state index >= 15 is 0 Å². The maximum absolute atomic E-state index is 13.1. The van der Waals surface area contributed by atoms with Gasteiger partial charge in [-0.1, -0.05) is 48.5 Å². The molecule has 0 bridgehead atoms. The normalized spacial score (nSPS) is 10.2. The Labute approximate surface area is 152 Å². The Hall–Kier alpha value is -3.40. The highest BCUT2D eigenvalue weighted by molar-refractivity contribution is 6.20. The summed E-state index contributed by atoms with van der Waals surface area (Å²) in [5.74, 6) is 0.414. The summed E-state index contributed by atoms with van der Waals surface area (Å²) in [6, 6.07) is 20.7. The minimum Gasteiger partial charge on any atom is -0.496 e. The molecule has 0 aliphatic rings. The molecule has 130 valence electrons. The van der Waals surface area contributed by atoms with Crippen molar-refractivity contribution in [3.05, 3.63) is 95.1 Å². The summed E-state index contributed by atoms with van der Waals surface area (Å²) in [7, 11) is 3.02. The van der Waals surface area contributed by atoms with Crippen LogP contribution >= 0.6 is 0 Å². The van der Waals surface area contributed by atoms with Crippen molar-refractivity contribution < 1.29 is 19.1 Å². The first-order chi connectivity index (χ1) is 12.7. The molecule has 0 saturated carbocycles. The van der Waals surface area contributed by atoms with Crippen molar-refractivity contribution in [2.75, 3.05) is 14.2 Å². The number of ketones is 2. The predicted molar refractivity (Wildman–Crippen MR) is 99.3 cm³/mol. The number of benzene rings is 3. The van der Waals surface area contributed by atoms with E-state index in [-0.39, 0.29) is 11.6 Å². The van der Waals surface area contributed by atoms with Crippen LogP contribution in [0.25, 0.3) is 0 Å². The van der Waals surface area contributed by atoms with Crippen LogP contribution in [0.5, 0.6) is 11.5 Å². The van der Waals surface area contributed by atoms with E-state index in [4.69, 9.17) is 9.47 Å². The maximum atomic E-state index is 13.1. The molecule has 0 unspecified atom stereocenters. The smallest absolute Gasteiger partial charge is 0.197 e. The van der Waals surface area contributed by atoms with Crippen LogP contribution in [0.15, 0.2) is 72.8 Å². The zero-order chi connectivity index (χ0) is 18.5. The summed E-state index contributed by atoms with van der Waals surface area (Å²) in [4.78, 5) is 26.1. The zero-order valence-corrected chi connectivity index (χ0v) is 14.6. The molecule has 0 fully saturated rings. The van der Waals surface area contributed by atoms with Crippen LogP contribution in [0, 0.1) is 0 Å². The van der Waals surface area contributed by atoms with Crippen LogP contribution in [-0.4, -0.2) is 25.8 Å². The first kappa shape index (κ1) is 17.4. The molecule has 0 spiro atoms. The summed E-state index contributed by atoms with van der Waals surface area (Å²) in [6.45, 7) is 0. The molecule has 0 radical (unpaired) electrons. The Morgan fingerprint density at radius 1 is 0.538 bits per heavy atom. The van der Waals surface area contributed by atoms with Gasteiger partial charge < -0.3 is 9.47 Å². The van der Waals surface area contributed by atoms with E-state index in [1.807, 2.05) is 0 Å². The van der Waals surface area contributed by atoms with Crippen molar-refractivity contribution >= 4 is 11.6 Å². The fourth-order valence-corrected chi connectivity index (χ4v) is 2.83. The third kappa shape index (κ3) is 3.22. The third-order valence-corrected chi connectivity index (χ3v) is 4.12. The van der Waals surface area contributed by atoms with E-state index in [0.29, 0.717) is 33.8 Å². The van der Waals surface area contributed by atoms with E-state index in [0.717, 1.165) is 0 Å². The average molecular weight is 346 g/mol. The molecular weight excluding hydrogens is 328 g/mol. The van der Waals surface area contributed by atoms with Gasteiger partial charge in [-0.2, -0.15) is 0 Å². The molecule has 0 amide bonds. The average Bonchev–Trinajstić information content (AvgIpc) is 2.72. The molecule has 26 heavy (non-hydrogen) atoms. The lowest BCUT2D eigenvalue weighted by atomic mass is 9.92. The first-order valence-corrected chi connectivity index (χ1v) is 8.12. The van der Waals surface area contributed by atoms with Crippen LogP contribution in [0.3, 0.4) is 0 Å². The van der Waals surface area contributed by atoms with Crippen molar-refractivity contribution in [3.63, 3.8) is 0 Å². The van der Waals surface area contributed by atoms with Crippen LogP contribution < -0.4 is 9.47 Å². The number of hydrogen-bond donors (Lipinski definition) is 0. The Morgan fingerprint density at radius 3 is 1.19 bits per heavy atom. The highest BCUT2D eigenvalue weighted by atomic mass is 16.5. The second-order valence-electron chi connectivity index (χ2n) is 5.60. The first-order valence-electron chi connectivity index (χ1n) is 8.12. The molecule has 3 aromatic rings. The summed E-state index contributed by atoms with van der Waals surface area (Å²) in [6.07, 6.45) is 0. The molecule has 0 atom stereocenters. The molecule has 3 rings (SSSR count).